The number of phenolic OH excluding ortho intramolecular Hbond substituents is 1. The minimum Gasteiger partial charge on any atom is -0.508 e. The van der Waals surface area contributed by atoms with E-state index in [0.29, 0.717) is 17.2 Å². The van der Waals surface area contributed by atoms with Gasteiger partial charge in [0.05, 0.1) is 28.8 Å². The van der Waals surface area contributed by atoms with Gasteiger partial charge in [-0.1, -0.05) is 59.8 Å². The maximum atomic E-state index is 13.0. The summed E-state index contributed by atoms with van der Waals surface area (Å²) in [6, 6.07) is 13.5. The number of aromatic hydroxyl groups is 1. The largest absolute Gasteiger partial charge is 0.508 e. The fourth-order valence-corrected chi connectivity index (χ4v) is 4.41. The number of benzene rings is 2. The summed E-state index contributed by atoms with van der Waals surface area (Å²) in [6.45, 7) is 3.72. The highest BCUT2D eigenvalue weighted by atomic mass is 16.5. The molecule has 0 saturated heterocycles. The molecule has 5 rings (SSSR count). The van der Waals surface area contributed by atoms with E-state index in [-0.39, 0.29) is 18.1 Å². The standard InChI is InChI=1S/C29H25N3O4/c1-18-26-22-7-3-4-8-23(22)27(19-6-5-14-29(2,17-33)15-13-19)31-24(28(26)36-32-18)16-25(35)30-20-9-11-21(34)12-10-20/h3-15,17,24,34H,16H2,1-2H3,(H,30,35). The number of allylic oxidation sites excluding steroid dienone is 6. The fraction of sp³-hybridized carbons (Fsp3) is 0.172. The van der Waals surface area contributed by atoms with Crippen LogP contribution in [0.5, 0.6) is 5.75 Å². The van der Waals surface area contributed by atoms with E-state index in [1.807, 2.05) is 68.5 Å². The highest BCUT2D eigenvalue weighted by Gasteiger charge is 2.32. The van der Waals surface area contributed by atoms with Crippen molar-refractivity contribution in [3.05, 3.63) is 102 Å². The lowest BCUT2D eigenvalue weighted by Gasteiger charge is -2.14. The Kier molecular flexibility index (Phi) is 5.98. The van der Waals surface area contributed by atoms with Crippen molar-refractivity contribution in [1.82, 2.24) is 5.16 Å². The number of aromatic nitrogens is 1. The molecule has 2 aromatic carbocycles. The number of anilines is 1. The number of aliphatic imine (C=N–C) groups is 1. The second kappa shape index (κ2) is 9.26. The number of nitrogens with one attached hydrogen (secondary N) is 1. The Morgan fingerprint density at radius 1 is 1.14 bits per heavy atom. The van der Waals surface area contributed by atoms with Crippen molar-refractivity contribution in [2.24, 2.45) is 10.4 Å². The summed E-state index contributed by atoms with van der Waals surface area (Å²) < 4.78 is 5.75. The molecule has 2 heterocycles. The number of hydrogen-bond acceptors (Lipinski definition) is 6. The van der Waals surface area contributed by atoms with Crippen LogP contribution in [-0.4, -0.2) is 28.2 Å². The van der Waals surface area contributed by atoms with Crippen molar-refractivity contribution >= 4 is 23.6 Å². The summed E-state index contributed by atoms with van der Waals surface area (Å²) in [5.41, 5.74) is 4.76. The molecule has 1 aromatic heterocycles. The first-order valence-electron chi connectivity index (χ1n) is 11.6. The molecule has 2 aliphatic rings. The molecule has 0 fully saturated rings. The topological polar surface area (TPSA) is 105 Å². The third-order valence-electron chi connectivity index (χ3n) is 6.34. The number of nitrogens with zero attached hydrogens (tertiary/aromatic N) is 2. The number of hydrogen-bond donors (Lipinski definition) is 2. The van der Waals surface area contributed by atoms with E-state index < -0.39 is 11.5 Å². The van der Waals surface area contributed by atoms with E-state index in [1.54, 1.807) is 12.1 Å². The summed E-state index contributed by atoms with van der Waals surface area (Å²) in [7, 11) is 0. The minimum absolute atomic E-state index is 0.0267. The maximum absolute atomic E-state index is 13.0. The van der Waals surface area contributed by atoms with Crippen LogP contribution in [0.2, 0.25) is 0 Å². The molecule has 2 atom stereocenters. The molecule has 1 amide bonds. The summed E-state index contributed by atoms with van der Waals surface area (Å²) in [6.07, 6.45) is 10.3. The van der Waals surface area contributed by atoms with Crippen LogP contribution < -0.4 is 5.32 Å². The predicted molar refractivity (Wildman–Crippen MR) is 138 cm³/mol. The van der Waals surface area contributed by atoms with Crippen LogP contribution in [0.4, 0.5) is 5.69 Å². The first kappa shape index (κ1) is 23.2. The zero-order valence-electron chi connectivity index (χ0n) is 19.9. The molecule has 1 aliphatic heterocycles. The average Bonchev–Trinajstić information content (AvgIpc) is 3.06. The van der Waals surface area contributed by atoms with Crippen molar-refractivity contribution in [2.75, 3.05) is 5.32 Å². The van der Waals surface area contributed by atoms with Crippen LogP contribution in [0.15, 0.2) is 94.0 Å². The Morgan fingerprint density at radius 2 is 1.89 bits per heavy atom. The molecule has 0 radical (unpaired) electrons. The van der Waals surface area contributed by atoms with Gasteiger partial charge >= 0.3 is 0 Å². The fourth-order valence-electron chi connectivity index (χ4n) is 4.41. The predicted octanol–water partition coefficient (Wildman–Crippen LogP) is 5.49. The Morgan fingerprint density at radius 3 is 2.64 bits per heavy atom. The SMILES string of the molecule is Cc1noc2c1-c1ccccc1C(C1=CC=CC(C)(C=O)C=C1)=NC2CC(=O)Nc1ccc(O)cc1. The van der Waals surface area contributed by atoms with Crippen LogP contribution in [0.25, 0.3) is 11.1 Å². The van der Waals surface area contributed by atoms with Gasteiger partial charge < -0.3 is 19.7 Å². The number of aldehydes is 1. The number of rotatable bonds is 5. The van der Waals surface area contributed by atoms with Crippen LogP contribution in [-0.2, 0) is 9.59 Å². The van der Waals surface area contributed by atoms with Crippen molar-refractivity contribution in [2.45, 2.75) is 26.3 Å². The van der Waals surface area contributed by atoms with Crippen LogP contribution in [0, 0.1) is 12.3 Å². The quantitative estimate of drug-likeness (QED) is 0.372. The lowest BCUT2D eigenvalue weighted by atomic mass is 9.90. The lowest BCUT2D eigenvalue weighted by molar-refractivity contribution is -0.116. The van der Waals surface area contributed by atoms with Gasteiger partial charge in [0.25, 0.3) is 0 Å². The summed E-state index contributed by atoms with van der Waals surface area (Å²) in [5.74, 6) is 0.399. The Balaban J connectivity index is 1.58. The molecule has 1 aliphatic carbocycles. The number of carbonyl (C=O) groups excluding carboxylic acids is 2. The average molecular weight is 480 g/mol. The summed E-state index contributed by atoms with van der Waals surface area (Å²) in [5, 5.41) is 16.6. The zero-order valence-corrected chi connectivity index (χ0v) is 19.9. The van der Waals surface area contributed by atoms with E-state index in [9.17, 15) is 14.7 Å². The van der Waals surface area contributed by atoms with E-state index in [0.717, 1.165) is 34.2 Å². The van der Waals surface area contributed by atoms with Crippen molar-refractivity contribution < 1.29 is 19.2 Å². The first-order valence-corrected chi connectivity index (χ1v) is 11.6. The van der Waals surface area contributed by atoms with Gasteiger partial charge in [-0.3, -0.25) is 9.79 Å². The molecule has 7 heteroatoms. The number of phenols is 1. The van der Waals surface area contributed by atoms with Crippen LogP contribution in [0.3, 0.4) is 0 Å². The number of fused-ring (bicyclic) bond motifs is 3. The van der Waals surface area contributed by atoms with E-state index in [1.165, 1.54) is 12.1 Å². The third-order valence-corrected chi connectivity index (χ3v) is 6.34. The third kappa shape index (κ3) is 4.43. The second-order valence-corrected chi connectivity index (χ2v) is 9.14. The summed E-state index contributed by atoms with van der Waals surface area (Å²) >= 11 is 0. The Bertz CT molecular complexity index is 1460. The highest BCUT2D eigenvalue weighted by Crippen LogP contribution is 2.41. The molecular weight excluding hydrogens is 454 g/mol. The van der Waals surface area contributed by atoms with Gasteiger partial charge in [-0.15, -0.1) is 0 Å². The normalized spacial score (nSPS) is 20.3. The summed E-state index contributed by atoms with van der Waals surface area (Å²) in [4.78, 5) is 29.7. The van der Waals surface area contributed by atoms with Gasteiger partial charge in [0.1, 0.15) is 18.1 Å². The number of carbonyl (C=O) groups is 2. The first-order chi connectivity index (χ1) is 17.4. The minimum atomic E-state index is -0.709. The molecule has 0 spiro atoms. The molecule has 3 aromatic rings. The van der Waals surface area contributed by atoms with Gasteiger partial charge in [0.15, 0.2) is 5.76 Å². The van der Waals surface area contributed by atoms with Gasteiger partial charge in [-0.05, 0) is 43.7 Å². The van der Waals surface area contributed by atoms with E-state index in [4.69, 9.17) is 9.52 Å². The lowest BCUT2D eigenvalue weighted by Crippen LogP contribution is -2.16. The molecule has 2 N–H and O–H groups in total. The Labute approximate surface area is 208 Å². The second-order valence-electron chi connectivity index (χ2n) is 9.14. The molecule has 180 valence electrons. The number of amides is 1. The van der Waals surface area contributed by atoms with E-state index in [2.05, 4.69) is 10.5 Å². The van der Waals surface area contributed by atoms with E-state index >= 15 is 0 Å². The Hall–Kier alpha value is -4.52. The molecule has 7 nitrogen and oxygen atoms in total. The highest BCUT2D eigenvalue weighted by molar-refractivity contribution is 6.18. The van der Waals surface area contributed by atoms with Gasteiger partial charge in [0, 0.05) is 16.8 Å². The molecular formula is C29H25N3O4. The molecule has 0 saturated carbocycles. The van der Waals surface area contributed by atoms with Crippen LogP contribution >= 0.6 is 0 Å². The number of aryl methyl sites for hydroxylation is 1. The maximum Gasteiger partial charge on any atom is 0.227 e. The monoisotopic (exact) mass is 479 g/mol. The van der Waals surface area contributed by atoms with Gasteiger partial charge in [-0.2, -0.15) is 0 Å². The smallest absolute Gasteiger partial charge is 0.227 e. The molecule has 0 bridgehead atoms. The molecule has 36 heavy (non-hydrogen) atoms. The van der Waals surface area contributed by atoms with Gasteiger partial charge in [0.2, 0.25) is 5.91 Å². The van der Waals surface area contributed by atoms with Crippen molar-refractivity contribution in [3.8, 4) is 16.9 Å². The van der Waals surface area contributed by atoms with Gasteiger partial charge in [-0.25, -0.2) is 0 Å². The van der Waals surface area contributed by atoms with Crippen molar-refractivity contribution in [1.29, 1.82) is 0 Å². The van der Waals surface area contributed by atoms with Crippen LogP contribution in [0.1, 0.15) is 36.4 Å². The van der Waals surface area contributed by atoms with Crippen molar-refractivity contribution in [3.63, 3.8) is 0 Å². The zero-order chi connectivity index (χ0) is 25.3. The molecule has 2 unspecified atom stereocenters.